The molecule has 1 aliphatic rings. The monoisotopic (exact) mass is 413 g/mol. The Morgan fingerprint density at radius 2 is 2.04 bits per heavy atom. The van der Waals surface area contributed by atoms with Gasteiger partial charge in [0.05, 0.1) is 11.1 Å². The molecule has 0 unspecified atom stereocenters. The molecule has 2 aromatic heterocycles. The van der Waals surface area contributed by atoms with E-state index in [0.29, 0.717) is 6.04 Å². The summed E-state index contributed by atoms with van der Waals surface area (Å²) in [5.41, 5.74) is 2.22. The third-order valence-electron chi connectivity index (χ3n) is 5.35. The maximum atomic E-state index is 13.6. The van der Waals surface area contributed by atoms with Crippen molar-refractivity contribution in [3.8, 4) is 5.69 Å². The van der Waals surface area contributed by atoms with E-state index in [4.69, 9.17) is 4.98 Å². The Morgan fingerprint density at radius 1 is 1.25 bits per heavy atom. The van der Waals surface area contributed by atoms with Crippen molar-refractivity contribution < 1.29 is 0 Å². The maximum Gasteiger partial charge on any atom is 0.267 e. The van der Waals surface area contributed by atoms with Gasteiger partial charge in [0.15, 0.2) is 5.16 Å². The number of benzene rings is 1. The summed E-state index contributed by atoms with van der Waals surface area (Å²) in [5.74, 6) is 0.980. The Kier molecular flexibility index (Phi) is 5.90. The smallest absolute Gasteiger partial charge is 0.267 e. The number of hydrogen-bond acceptors (Lipinski definition) is 5. The predicted molar refractivity (Wildman–Crippen MR) is 120 cm³/mol. The molecular formula is C22H27N3OS2. The van der Waals surface area contributed by atoms with Gasteiger partial charge in [-0.2, -0.15) is 0 Å². The highest BCUT2D eigenvalue weighted by atomic mass is 32.2. The average molecular weight is 414 g/mol. The Bertz CT molecular complexity index is 1020. The van der Waals surface area contributed by atoms with Gasteiger partial charge in [0.1, 0.15) is 4.83 Å². The first-order valence-electron chi connectivity index (χ1n) is 10.1. The molecule has 0 fully saturated rings. The first-order chi connectivity index (χ1) is 13.6. The molecule has 0 spiro atoms. The van der Waals surface area contributed by atoms with Gasteiger partial charge in [-0.15, -0.1) is 11.3 Å². The average Bonchev–Trinajstić information content (AvgIpc) is 3.06. The molecule has 1 aromatic carbocycles. The zero-order valence-corrected chi connectivity index (χ0v) is 18.4. The summed E-state index contributed by atoms with van der Waals surface area (Å²) in [5, 5.41) is 1.66. The van der Waals surface area contributed by atoms with Crippen LogP contribution in [-0.4, -0.2) is 32.8 Å². The van der Waals surface area contributed by atoms with E-state index >= 15 is 0 Å². The standard InChI is InChI=1S/C22H27N3OS2/c1-4-5-13-27-22-23-20-19(21(26)25(22)16-9-7-6-8-10-16)17-11-12-24(15(2)3)14-18(17)28-20/h6-10,15H,4-5,11-14H2,1-3H3. The topological polar surface area (TPSA) is 38.1 Å². The van der Waals surface area contributed by atoms with Crippen LogP contribution in [0.4, 0.5) is 0 Å². The highest BCUT2D eigenvalue weighted by Crippen LogP contribution is 2.34. The number of hydrogen-bond donors (Lipinski definition) is 0. The van der Waals surface area contributed by atoms with E-state index in [-0.39, 0.29) is 5.56 Å². The molecule has 0 atom stereocenters. The fourth-order valence-electron chi connectivity index (χ4n) is 3.69. The van der Waals surface area contributed by atoms with Crippen LogP contribution in [-0.2, 0) is 13.0 Å². The molecule has 4 rings (SSSR count). The van der Waals surface area contributed by atoms with E-state index in [0.717, 1.165) is 59.2 Å². The molecular weight excluding hydrogens is 386 g/mol. The van der Waals surface area contributed by atoms with E-state index < -0.39 is 0 Å². The zero-order valence-electron chi connectivity index (χ0n) is 16.8. The van der Waals surface area contributed by atoms with Gasteiger partial charge in [0, 0.05) is 29.8 Å². The minimum absolute atomic E-state index is 0.0886. The molecule has 4 nitrogen and oxygen atoms in total. The van der Waals surface area contributed by atoms with Crippen LogP contribution in [0.25, 0.3) is 15.9 Å². The zero-order chi connectivity index (χ0) is 19.7. The fraction of sp³-hybridized carbons (Fsp3) is 0.455. The highest BCUT2D eigenvalue weighted by Gasteiger charge is 2.26. The number of thioether (sulfide) groups is 1. The van der Waals surface area contributed by atoms with Crippen LogP contribution < -0.4 is 5.56 Å². The third kappa shape index (κ3) is 3.65. The van der Waals surface area contributed by atoms with E-state index in [1.54, 1.807) is 23.1 Å². The molecule has 0 saturated carbocycles. The van der Waals surface area contributed by atoms with Crippen molar-refractivity contribution in [2.75, 3.05) is 12.3 Å². The molecule has 148 valence electrons. The van der Waals surface area contributed by atoms with E-state index in [1.807, 2.05) is 34.9 Å². The van der Waals surface area contributed by atoms with Crippen LogP contribution in [0.5, 0.6) is 0 Å². The first kappa shape index (κ1) is 19.7. The summed E-state index contributed by atoms with van der Waals surface area (Å²) in [7, 11) is 0. The van der Waals surface area contributed by atoms with Crippen LogP contribution >= 0.6 is 23.1 Å². The van der Waals surface area contributed by atoms with Crippen LogP contribution in [0, 0.1) is 0 Å². The Labute approximate surface area is 174 Å². The molecule has 28 heavy (non-hydrogen) atoms. The van der Waals surface area contributed by atoms with E-state index in [9.17, 15) is 4.79 Å². The van der Waals surface area contributed by atoms with Crippen molar-refractivity contribution in [1.82, 2.24) is 14.5 Å². The van der Waals surface area contributed by atoms with Crippen molar-refractivity contribution >= 4 is 33.3 Å². The molecule has 0 radical (unpaired) electrons. The molecule has 0 bridgehead atoms. The lowest BCUT2D eigenvalue weighted by Gasteiger charge is -2.30. The summed E-state index contributed by atoms with van der Waals surface area (Å²) < 4.78 is 1.82. The van der Waals surface area contributed by atoms with Gasteiger partial charge >= 0.3 is 0 Å². The summed E-state index contributed by atoms with van der Waals surface area (Å²) in [6.45, 7) is 8.60. The van der Waals surface area contributed by atoms with Crippen LogP contribution in [0.2, 0.25) is 0 Å². The molecule has 0 amide bonds. The quantitative estimate of drug-likeness (QED) is 0.320. The summed E-state index contributed by atoms with van der Waals surface area (Å²) in [6.07, 6.45) is 3.20. The first-order valence-corrected chi connectivity index (χ1v) is 11.9. The van der Waals surface area contributed by atoms with Crippen molar-refractivity contribution in [1.29, 1.82) is 0 Å². The molecule has 0 saturated heterocycles. The SMILES string of the molecule is CCCCSc1nc2sc3c(c2c(=O)n1-c1ccccc1)CCN(C(C)C)C3. The van der Waals surface area contributed by atoms with Gasteiger partial charge < -0.3 is 0 Å². The largest absolute Gasteiger partial charge is 0.296 e. The number of nitrogens with zero attached hydrogens (tertiary/aromatic N) is 3. The number of thiophene rings is 1. The normalized spacial score (nSPS) is 14.7. The number of rotatable bonds is 6. The Hall–Kier alpha value is -1.63. The second-order valence-electron chi connectivity index (χ2n) is 7.57. The number of unbranched alkanes of at least 4 members (excludes halogenated alkanes) is 1. The minimum atomic E-state index is 0.0886. The second-order valence-corrected chi connectivity index (χ2v) is 9.72. The third-order valence-corrected chi connectivity index (χ3v) is 7.48. The molecule has 0 aliphatic carbocycles. The van der Waals surface area contributed by atoms with Crippen molar-refractivity contribution in [2.45, 2.75) is 57.8 Å². The minimum Gasteiger partial charge on any atom is -0.296 e. The van der Waals surface area contributed by atoms with Gasteiger partial charge in [-0.25, -0.2) is 4.98 Å². The van der Waals surface area contributed by atoms with Crippen LogP contribution in [0.15, 0.2) is 40.3 Å². The Morgan fingerprint density at radius 3 is 2.75 bits per heavy atom. The molecule has 3 heterocycles. The van der Waals surface area contributed by atoms with E-state index in [2.05, 4.69) is 25.7 Å². The fourth-order valence-corrected chi connectivity index (χ4v) is 6.08. The van der Waals surface area contributed by atoms with Gasteiger partial charge in [-0.05, 0) is 44.4 Å². The van der Waals surface area contributed by atoms with Crippen LogP contribution in [0.3, 0.4) is 0 Å². The van der Waals surface area contributed by atoms with Crippen molar-refractivity contribution in [2.24, 2.45) is 0 Å². The molecule has 3 aromatic rings. The second kappa shape index (κ2) is 8.39. The van der Waals surface area contributed by atoms with Gasteiger partial charge in [0.2, 0.25) is 0 Å². The maximum absolute atomic E-state index is 13.6. The number of para-hydroxylation sites is 1. The number of aromatic nitrogens is 2. The molecule has 0 N–H and O–H groups in total. The van der Waals surface area contributed by atoms with Crippen molar-refractivity contribution in [3.63, 3.8) is 0 Å². The van der Waals surface area contributed by atoms with Gasteiger partial charge in [-0.3, -0.25) is 14.3 Å². The molecule has 6 heteroatoms. The van der Waals surface area contributed by atoms with Gasteiger partial charge in [-0.1, -0.05) is 43.3 Å². The lowest BCUT2D eigenvalue weighted by atomic mass is 10.0. The summed E-state index contributed by atoms with van der Waals surface area (Å²) in [6, 6.07) is 10.5. The van der Waals surface area contributed by atoms with E-state index in [1.165, 1.54) is 10.4 Å². The predicted octanol–water partition coefficient (Wildman–Crippen LogP) is 5.11. The number of fused-ring (bicyclic) bond motifs is 3. The lowest BCUT2D eigenvalue weighted by molar-refractivity contribution is 0.206. The van der Waals surface area contributed by atoms with Crippen molar-refractivity contribution in [3.05, 3.63) is 51.1 Å². The lowest BCUT2D eigenvalue weighted by Crippen LogP contribution is -2.35. The highest BCUT2D eigenvalue weighted by molar-refractivity contribution is 7.99. The van der Waals surface area contributed by atoms with Gasteiger partial charge in [0.25, 0.3) is 5.56 Å². The molecule has 1 aliphatic heterocycles. The Balaban J connectivity index is 1.87. The summed E-state index contributed by atoms with van der Waals surface area (Å²) >= 11 is 3.41. The summed E-state index contributed by atoms with van der Waals surface area (Å²) in [4.78, 5) is 23.3. The van der Waals surface area contributed by atoms with Crippen LogP contribution in [0.1, 0.15) is 44.1 Å².